The van der Waals surface area contributed by atoms with Crippen LogP contribution in [0, 0.1) is 0 Å². The van der Waals surface area contributed by atoms with Gasteiger partial charge in [-0.3, -0.25) is 4.90 Å². The van der Waals surface area contributed by atoms with Crippen molar-refractivity contribution in [2.24, 2.45) is 5.73 Å². The van der Waals surface area contributed by atoms with Gasteiger partial charge in [-0.25, -0.2) is 0 Å². The Morgan fingerprint density at radius 1 is 1.25 bits per heavy atom. The third-order valence-corrected chi connectivity index (χ3v) is 4.61. The molecule has 0 amide bonds. The number of hydrogen-bond donors (Lipinski definition) is 1. The van der Waals surface area contributed by atoms with Crippen LogP contribution < -0.4 is 5.73 Å². The van der Waals surface area contributed by atoms with E-state index in [-0.39, 0.29) is 0 Å². The topological polar surface area (TPSA) is 38.5 Å². The SMILES string of the molecule is CC(CC(CN)N(C)C1CCOCC1)c1ccccc1. The minimum absolute atomic E-state index is 0.452. The Hall–Kier alpha value is -0.900. The Labute approximate surface area is 123 Å². The van der Waals surface area contributed by atoms with E-state index in [1.165, 1.54) is 5.56 Å². The zero-order chi connectivity index (χ0) is 14.4. The molecule has 2 rings (SSSR count). The van der Waals surface area contributed by atoms with Crippen LogP contribution in [-0.2, 0) is 4.74 Å². The van der Waals surface area contributed by atoms with Crippen LogP contribution in [0.3, 0.4) is 0 Å². The van der Waals surface area contributed by atoms with Crippen LogP contribution in [0.15, 0.2) is 30.3 Å². The van der Waals surface area contributed by atoms with Gasteiger partial charge in [-0.1, -0.05) is 37.3 Å². The smallest absolute Gasteiger partial charge is 0.0480 e. The number of hydrogen-bond acceptors (Lipinski definition) is 3. The second-order valence-electron chi connectivity index (χ2n) is 5.95. The second-order valence-corrected chi connectivity index (χ2v) is 5.95. The van der Waals surface area contributed by atoms with Crippen molar-refractivity contribution in [3.05, 3.63) is 35.9 Å². The lowest BCUT2D eigenvalue weighted by Crippen LogP contribution is -2.47. The van der Waals surface area contributed by atoms with E-state index >= 15 is 0 Å². The molecule has 0 radical (unpaired) electrons. The summed E-state index contributed by atoms with van der Waals surface area (Å²) >= 11 is 0. The van der Waals surface area contributed by atoms with Gasteiger partial charge >= 0.3 is 0 Å². The molecule has 0 bridgehead atoms. The van der Waals surface area contributed by atoms with Gasteiger partial charge in [0.25, 0.3) is 0 Å². The Balaban J connectivity index is 1.93. The average molecular weight is 276 g/mol. The molecule has 1 saturated heterocycles. The molecule has 20 heavy (non-hydrogen) atoms. The van der Waals surface area contributed by atoms with Crippen molar-refractivity contribution in [1.82, 2.24) is 4.90 Å². The zero-order valence-corrected chi connectivity index (χ0v) is 12.8. The van der Waals surface area contributed by atoms with Gasteiger partial charge < -0.3 is 10.5 Å². The molecule has 1 aromatic carbocycles. The molecule has 0 spiro atoms. The van der Waals surface area contributed by atoms with Gasteiger partial charge in [0.2, 0.25) is 0 Å². The summed E-state index contributed by atoms with van der Waals surface area (Å²) in [6.45, 7) is 4.81. The van der Waals surface area contributed by atoms with Gasteiger partial charge in [-0.05, 0) is 37.8 Å². The maximum atomic E-state index is 6.03. The first-order chi connectivity index (χ1) is 9.72. The number of ether oxygens (including phenoxy) is 1. The van der Waals surface area contributed by atoms with Gasteiger partial charge in [-0.2, -0.15) is 0 Å². The Morgan fingerprint density at radius 3 is 2.50 bits per heavy atom. The summed E-state index contributed by atoms with van der Waals surface area (Å²) in [6, 6.07) is 11.8. The molecular formula is C17H28N2O. The van der Waals surface area contributed by atoms with Gasteiger partial charge in [0.15, 0.2) is 0 Å². The number of nitrogens with zero attached hydrogens (tertiary/aromatic N) is 1. The highest BCUT2D eigenvalue weighted by Crippen LogP contribution is 2.24. The first-order valence-electron chi connectivity index (χ1n) is 7.77. The number of benzene rings is 1. The predicted molar refractivity (Wildman–Crippen MR) is 83.9 cm³/mol. The van der Waals surface area contributed by atoms with Crippen molar-refractivity contribution in [1.29, 1.82) is 0 Å². The van der Waals surface area contributed by atoms with E-state index in [2.05, 4.69) is 49.2 Å². The first kappa shape index (κ1) is 15.5. The van der Waals surface area contributed by atoms with E-state index in [1.54, 1.807) is 0 Å². The van der Waals surface area contributed by atoms with Crippen LogP contribution in [0.4, 0.5) is 0 Å². The molecule has 2 atom stereocenters. The van der Waals surface area contributed by atoms with Crippen molar-refractivity contribution in [2.75, 3.05) is 26.8 Å². The molecule has 1 aliphatic heterocycles. The lowest BCUT2D eigenvalue weighted by molar-refractivity contribution is 0.0275. The molecule has 2 N–H and O–H groups in total. The predicted octanol–water partition coefficient (Wildman–Crippen LogP) is 2.62. The first-order valence-corrected chi connectivity index (χ1v) is 7.77. The maximum Gasteiger partial charge on any atom is 0.0480 e. The average Bonchev–Trinajstić information content (AvgIpc) is 2.53. The summed E-state index contributed by atoms with van der Waals surface area (Å²) < 4.78 is 5.46. The van der Waals surface area contributed by atoms with Crippen molar-refractivity contribution < 1.29 is 4.74 Å². The highest BCUT2D eigenvalue weighted by atomic mass is 16.5. The molecule has 0 saturated carbocycles. The van der Waals surface area contributed by atoms with Crippen LogP contribution in [0.5, 0.6) is 0 Å². The highest BCUT2D eigenvalue weighted by Gasteiger charge is 2.25. The minimum Gasteiger partial charge on any atom is -0.381 e. The maximum absolute atomic E-state index is 6.03. The number of rotatable bonds is 6. The van der Waals surface area contributed by atoms with Crippen molar-refractivity contribution in [3.8, 4) is 0 Å². The van der Waals surface area contributed by atoms with Crippen LogP contribution in [0.2, 0.25) is 0 Å². The van der Waals surface area contributed by atoms with Crippen molar-refractivity contribution in [2.45, 2.75) is 44.2 Å². The van der Waals surface area contributed by atoms with E-state index in [0.29, 0.717) is 18.0 Å². The van der Waals surface area contributed by atoms with E-state index in [0.717, 1.165) is 39.0 Å². The standard InChI is InChI=1S/C17H28N2O/c1-14(15-6-4-3-5-7-15)12-17(13-18)19(2)16-8-10-20-11-9-16/h3-7,14,16-17H,8-13,18H2,1-2H3. The summed E-state index contributed by atoms with van der Waals surface area (Å²) in [5.41, 5.74) is 7.44. The fraction of sp³-hybridized carbons (Fsp3) is 0.647. The fourth-order valence-electron chi connectivity index (χ4n) is 3.15. The molecular weight excluding hydrogens is 248 g/mol. The molecule has 0 aliphatic carbocycles. The molecule has 2 unspecified atom stereocenters. The second kappa shape index (κ2) is 7.77. The molecule has 1 heterocycles. The quantitative estimate of drug-likeness (QED) is 0.868. The largest absolute Gasteiger partial charge is 0.381 e. The lowest BCUT2D eigenvalue weighted by atomic mass is 9.92. The van der Waals surface area contributed by atoms with Crippen LogP contribution >= 0.6 is 0 Å². The van der Waals surface area contributed by atoms with Crippen LogP contribution in [0.25, 0.3) is 0 Å². The highest BCUT2D eigenvalue weighted by molar-refractivity contribution is 5.19. The molecule has 1 aliphatic rings. The van der Waals surface area contributed by atoms with Crippen LogP contribution in [0.1, 0.15) is 37.7 Å². The van der Waals surface area contributed by atoms with Gasteiger partial charge in [0.1, 0.15) is 0 Å². The van der Waals surface area contributed by atoms with Gasteiger partial charge in [0, 0.05) is 31.8 Å². The summed E-state index contributed by atoms with van der Waals surface area (Å²) in [4.78, 5) is 2.49. The lowest BCUT2D eigenvalue weighted by Gasteiger charge is -2.37. The Morgan fingerprint density at radius 2 is 1.90 bits per heavy atom. The third kappa shape index (κ3) is 4.05. The Kier molecular flexibility index (Phi) is 6.02. The monoisotopic (exact) mass is 276 g/mol. The molecule has 1 aromatic rings. The van der Waals surface area contributed by atoms with Gasteiger partial charge in [-0.15, -0.1) is 0 Å². The van der Waals surface area contributed by atoms with Crippen LogP contribution in [-0.4, -0.2) is 43.8 Å². The molecule has 1 fully saturated rings. The minimum atomic E-state index is 0.452. The molecule has 3 nitrogen and oxygen atoms in total. The summed E-state index contributed by atoms with van der Waals surface area (Å²) in [7, 11) is 2.23. The van der Waals surface area contributed by atoms with E-state index in [1.807, 2.05) is 0 Å². The summed E-state index contributed by atoms with van der Waals surface area (Å²) in [5, 5.41) is 0. The molecule has 112 valence electrons. The summed E-state index contributed by atoms with van der Waals surface area (Å²) in [5.74, 6) is 0.548. The van der Waals surface area contributed by atoms with E-state index < -0.39 is 0 Å². The summed E-state index contributed by atoms with van der Waals surface area (Å²) in [6.07, 6.45) is 3.38. The Bertz CT molecular complexity index is 376. The normalized spacial score (nSPS) is 20.0. The van der Waals surface area contributed by atoms with Crippen molar-refractivity contribution >= 4 is 0 Å². The number of likely N-dealkylation sites (N-methyl/N-ethyl adjacent to an activating group) is 1. The third-order valence-electron chi connectivity index (χ3n) is 4.61. The van der Waals surface area contributed by atoms with Gasteiger partial charge in [0.05, 0.1) is 0 Å². The molecule has 3 heteroatoms. The zero-order valence-electron chi connectivity index (χ0n) is 12.8. The van der Waals surface area contributed by atoms with Crippen molar-refractivity contribution in [3.63, 3.8) is 0 Å². The van der Waals surface area contributed by atoms with E-state index in [9.17, 15) is 0 Å². The van der Waals surface area contributed by atoms with E-state index in [4.69, 9.17) is 10.5 Å². The molecule has 0 aromatic heterocycles. The fourth-order valence-corrected chi connectivity index (χ4v) is 3.15. The number of nitrogens with two attached hydrogens (primary N) is 1.